The summed E-state index contributed by atoms with van der Waals surface area (Å²) in [4.78, 5) is 22.9. The van der Waals surface area contributed by atoms with Gasteiger partial charge in [0.25, 0.3) is 0 Å². The summed E-state index contributed by atoms with van der Waals surface area (Å²) in [7, 11) is 1.30. The van der Waals surface area contributed by atoms with Gasteiger partial charge in [0.2, 0.25) is 0 Å². The second kappa shape index (κ2) is 3.32. The number of carbonyl (C=O) groups excluding carboxylic acids is 2. The van der Waals surface area contributed by atoms with Gasteiger partial charge in [0, 0.05) is 0 Å². The van der Waals surface area contributed by atoms with Gasteiger partial charge < -0.3 is 4.74 Å². The fourth-order valence-corrected chi connectivity index (χ4v) is 1.95. The Balaban J connectivity index is 3.08. The first-order valence-corrected chi connectivity index (χ1v) is 4.33. The first kappa shape index (κ1) is 9.96. The zero-order valence-corrected chi connectivity index (χ0v) is 8.05. The number of hydrogen-bond acceptors (Lipinski definition) is 3. The molecule has 1 unspecified atom stereocenters. The summed E-state index contributed by atoms with van der Waals surface area (Å²) >= 11 is 0. The monoisotopic (exact) mass is 182 g/mol. The Bertz CT molecular complexity index is 267. The van der Waals surface area contributed by atoms with E-state index in [-0.39, 0.29) is 5.78 Å². The molecule has 3 heteroatoms. The molecule has 0 aromatic rings. The summed E-state index contributed by atoms with van der Waals surface area (Å²) in [6.45, 7) is 5.20. The van der Waals surface area contributed by atoms with E-state index in [1.165, 1.54) is 14.0 Å². The summed E-state index contributed by atoms with van der Waals surface area (Å²) in [5.74, 6) is -0.607. The summed E-state index contributed by atoms with van der Waals surface area (Å²) in [5, 5.41) is 0. The maximum absolute atomic E-state index is 11.5. The maximum atomic E-state index is 11.5. The van der Waals surface area contributed by atoms with Gasteiger partial charge in [-0.05, 0) is 26.2 Å². The van der Waals surface area contributed by atoms with E-state index in [0.717, 1.165) is 12.8 Å². The Morgan fingerprint density at radius 2 is 2.15 bits per heavy atom. The van der Waals surface area contributed by atoms with Gasteiger partial charge in [0.15, 0.2) is 5.78 Å². The Morgan fingerprint density at radius 3 is 2.46 bits per heavy atom. The number of Topliss-reactive ketones (excluding diaryl/α,β-unsaturated/α-hetero) is 1. The van der Waals surface area contributed by atoms with E-state index in [1.54, 1.807) is 0 Å². The van der Waals surface area contributed by atoms with Gasteiger partial charge in [-0.25, -0.2) is 0 Å². The van der Waals surface area contributed by atoms with Gasteiger partial charge in [0.1, 0.15) is 5.41 Å². The number of ketones is 1. The molecule has 72 valence electrons. The van der Waals surface area contributed by atoms with Crippen molar-refractivity contribution < 1.29 is 14.3 Å². The van der Waals surface area contributed by atoms with Gasteiger partial charge in [-0.2, -0.15) is 0 Å². The van der Waals surface area contributed by atoms with E-state index < -0.39 is 11.4 Å². The van der Waals surface area contributed by atoms with Gasteiger partial charge in [-0.15, -0.1) is 0 Å². The maximum Gasteiger partial charge on any atom is 0.323 e. The zero-order valence-electron chi connectivity index (χ0n) is 8.05. The molecular weight excluding hydrogens is 168 g/mol. The lowest BCUT2D eigenvalue weighted by Crippen LogP contribution is -2.37. The average Bonchev–Trinajstić information content (AvgIpc) is 2.47. The quantitative estimate of drug-likeness (QED) is 0.369. The third kappa shape index (κ3) is 1.28. The molecule has 1 fully saturated rings. The van der Waals surface area contributed by atoms with Crippen LogP contribution in [0.4, 0.5) is 0 Å². The predicted octanol–water partition coefficient (Wildman–Crippen LogP) is 1.47. The van der Waals surface area contributed by atoms with Crippen molar-refractivity contribution in [3.63, 3.8) is 0 Å². The molecule has 0 amide bonds. The van der Waals surface area contributed by atoms with Crippen molar-refractivity contribution in [3.05, 3.63) is 12.2 Å². The van der Waals surface area contributed by atoms with Crippen LogP contribution in [0.15, 0.2) is 12.2 Å². The molecule has 0 radical (unpaired) electrons. The molecule has 0 aromatic heterocycles. The van der Waals surface area contributed by atoms with E-state index in [4.69, 9.17) is 0 Å². The second-order valence-corrected chi connectivity index (χ2v) is 3.41. The molecule has 0 saturated heterocycles. The fraction of sp³-hybridized carbons (Fsp3) is 0.600. The average molecular weight is 182 g/mol. The molecule has 1 aliphatic carbocycles. The highest BCUT2D eigenvalue weighted by molar-refractivity contribution is 6.06. The topological polar surface area (TPSA) is 43.4 Å². The highest BCUT2D eigenvalue weighted by atomic mass is 16.5. The van der Waals surface area contributed by atoms with Crippen LogP contribution < -0.4 is 0 Å². The molecule has 13 heavy (non-hydrogen) atoms. The molecule has 0 spiro atoms. The Hall–Kier alpha value is -1.12. The third-order valence-electron chi connectivity index (χ3n) is 2.77. The standard InChI is InChI=1S/C10H14O3/c1-7-5-4-6-10(7,8(2)11)9(12)13-3/h1,4-6H2,2-3H3. The van der Waals surface area contributed by atoms with Gasteiger partial charge in [0.05, 0.1) is 7.11 Å². The van der Waals surface area contributed by atoms with E-state index in [1.807, 2.05) is 0 Å². The molecule has 1 atom stereocenters. The van der Waals surface area contributed by atoms with E-state index in [9.17, 15) is 9.59 Å². The molecule has 3 nitrogen and oxygen atoms in total. The van der Waals surface area contributed by atoms with Crippen LogP contribution in [-0.2, 0) is 14.3 Å². The minimum Gasteiger partial charge on any atom is -0.468 e. The summed E-state index contributed by atoms with van der Waals surface area (Å²) in [5.41, 5.74) is -0.332. The number of ether oxygens (including phenoxy) is 1. The molecule has 0 heterocycles. The number of hydrogen-bond donors (Lipinski definition) is 0. The van der Waals surface area contributed by atoms with Crippen LogP contribution in [0, 0.1) is 5.41 Å². The minimum absolute atomic E-state index is 0.151. The molecule has 0 aromatic carbocycles. The molecule has 0 aliphatic heterocycles. The lowest BCUT2D eigenvalue weighted by molar-refractivity contribution is -0.154. The predicted molar refractivity (Wildman–Crippen MR) is 48.1 cm³/mol. The van der Waals surface area contributed by atoms with Crippen molar-refractivity contribution in [1.29, 1.82) is 0 Å². The van der Waals surface area contributed by atoms with E-state index in [2.05, 4.69) is 11.3 Å². The van der Waals surface area contributed by atoms with Crippen molar-refractivity contribution in [3.8, 4) is 0 Å². The molecule has 0 N–H and O–H groups in total. The zero-order chi connectivity index (χ0) is 10.1. The fourth-order valence-electron chi connectivity index (χ4n) is 1.95. The highest BCUT2D eigenvalue weighted by Crippen LogP contribution is 2.43. The normalized spacial score (nSPS) is 27.4. The van der Waals surface area contributed by atoms with Crippen LogP contribution in [0.1, 0.15) is 26.2 Å². The largest absolute Gasteiger partial charge is 0.468 e. The highest BCUT2D eigenvalue weighted by Gasteiger charge is 2.49. The first-order chi connectivity index (χ1) is 6.05. The van der Waals surface area contributed by atoms with Crippen LogP contribution >= 0.6 is 0 Å². The molecular formula is C10H14O3. The van der Waals surface area contributed by atoms with Crippen LogP contribution in [-0.4, -0.2) is 18.9 Å². The van der Waals surface area contributed by atoms with E-state index >= 15 is 0 Å². The van der Waals surface area contributed by atoms with Crippen molar-refractivity contribution in [2.75, 3.05) is 7.11 Å². The smallest absolute Gasteiger partial charge is 0.323 e. The van der Waals surface area contributed by atoms with Gasteiger partial charge in [-0.3, -0.25) is 9.59 Å². The van der Waals surface area contributed by atoms with Crippen LogP contribution in [0.25, 0.3) is 0 Å². The van der Waals surface area contributed by atoms with Crippen LogP contribution in [0.3, 0.4) is 0 Å². The number of esters is 1. The van der Waals surface area contributed by atoms with Crippen LogP contribution in [0.5, 0.6) is 0 Å². The minimum atomic E-state index is -1.03. The first-order valence-electron chi connectivity index (χ1n) is 4.33. The number of carbonyl (C=O) groups is 2. The molecule has 0 bridgehead atoms. The van der Waals surface area contributed by atoms with Crippen molar-refractivity contribution >= 4 is 11.8 Å². The molecule has 1 aliphatic rings. The lowest BCUT2D eigenvalue weighted by atomic mass is 9.79. The summed E-state index contributed by atoms with van der Waals surface area (Å²) < 4.78 is 4.65. The van der Waals surface area contributed by atoms with Crippen molar-refractivity contribution in [2.24, 2.45) is 5.41 Å². The van der Waals surface area contributed by atoms with Gasteiger partial charge >= 0.3 is 5.97 Å². The summed E-state index contributed by atoms with van der Waals surface area (Å²) in [6, 6.07) is 0. The third-order valence-corrected chi connectivity index (χ3v) is 2.77. The van der Waals surface area contributed by atoms with Gasteiger partial charge in [-0.1, -0.05) is 12.2 Å². The molecule has 1 rings (SSSR count). The second-order valence-electron chi connectivity index (χ2n) is 3.41. The van der Waals surface area contributed by atoms with Crippen molar-refractivity contribution in [1.82, 2.24) is 0 Å². The van der Waals surface area contributed by atoms with Crippen molar-refractivity contribution in [2.45, 2.75) is 26.2 Å². The van der Waals surface area contributed by atoms with E-state index in [0.29, 0.717) is 12.0 Å². The SMILES string of the molecule is C=C1CCCC1(C(C)=O)C(=O)OC. The number of rotatable bonds is 2. The lowest BCUT2D eigenvalue weighted by Gasteiger charge is -2.23. The van der Waals surface area contributed by atoms with Crippen LogP contribution in [0.2, 0.25) is 0 Å². The molecule has 1 saturated carbocycles. The summed E-state index contributed by atoms with van der Waals surface area (Å²) in [6.07, 6.45) is 2.13. The Labute approximate surface area is 77.8 Å². The Morgan fingerprint density at radius 1 is 1.54 bits per heavy atom. The number of methoxy groups -OCH3 is 1. The Kier molecular flexibility index (Phi) is 2.55.